The SMILES string of the molecule is O=C1CN(C(=O)c2ccco2)CC(OCc2ccccc2F)CN1Cc1cccc(Cl)c1. The van der Waals surface area contributed by atoms with Gasteiger partial charge in [0.1, 0.15) is 12.4 Å². The van der Waals surface area contributed by atoms with Gasteiger partial charge in [-0.25, -0.2) is 4.39 Å². The van der Waals surface area contributed by atoms with Gasteiger partial charge in [0.2, 0.25) is 5.91 Å². The van der Waals surface area contributed by atoms with Crippen LogP contribution in [-0.2, 0) is 22.7 Å². The minimum Gasteiger partial charge on any atom is -0.459 e. The fourth-order valence-corrected chi connectivity index (χ4v) is 3.84. The second-order valence-electron chi connectivity index (χ2n) is 7.59. The van der Waals surface area contributed by atoms with Crippen molar-refractivity contribution in [2.45, 2.75) is 19.3 Å². The van der Waals surface area contributed by atoms with E-state index < -0.39 is 12.0 Å². The molecule has 32 heavy (non-hydrogen) atoms. The Morgan fingerprint density at radius 2 is 1.97 bits per heavy atom. The van der Waals surface area contributed by atoms with Crippen molar-refractivity contribution in [2.24, 2.45) is 0 Å². The molecular formula is C24H22ClFN2O4. The molecule has 2 amide bonds. The van der Waals surface area contributed by atoms with Gasteiger partial charge in [0, 0.05) is 30.2 Å². The van der Waals surface area contributed by atoms with Crippen molar-refractivity contribution < 1.29 is 23.1 Å². The molecule has 1 aromatic heterocycles. The molecule has 8 heteroatoms. The van der Waals surface area contributed by atoms with Crippen LogP contribution in [0.4, 0.5) is 4.39 Å². The number of furan rings is 1. The molecule has 2 aromatic carbocycles. The Morgan fingerprint density at radius 3 is 2.72 bits per heavy atom. The first-order chi connectivity index (χ1) is 15.5. The first-order valence-electron chi connectivity index (χ1n) is 10.2. The lowest BCUT2D eigenvalue weighted by Crippen LogP contribution is -2.39. The van der Waals surface area contributed by atoms with Crippen LogP contribution in [-0.4, -0.2) is 47.4 Å². The fraction of sp³-hybridized carbons (Fsp3) is 0.250. The summed E-state index contributed by atoms with van der Waals surface area (Å²) in [5.41, 5.74) is 1.28. The lowest BCUT2D eigenvalue weighted by molar-refractivity contribution is -0.132. The van der Waals surface area contributed by atoms with Gasteiger partial charge in [-0.2, -0.15) is 0 Å². The highest BCUT2D eigenvalue weighted by atomic mass is 35.5. The summed E-state index contributed by atoms with van der Waals surface area (Å²) >= 11 is 6.09. The highest BCUT2D eigenvalue weighted by Gasteiger charge is 2.32. The van der Waals surface area contributed by atoms with Crippen LogP contribution >= 0.6 is 11.6 Å². The first kappa shape index (κ1) is 22.0. The van der Waals surface area contributed by atoms with E-state index in [-0.39, 0.29) is 43.7 Å². The maximum atomic E-state index is 14.0. The third-order valence-corrected chi connectivity index (χ3v) is 5.48. The summed E-state index contributed by atoms with van der Waals surface area (Å²) in [5.74, 6) is -0.834. The zero-order chi connectivity index (χ0) is 22.5. The van der Waals surface area contributed by atoms with E-state index in [1.165, 1.54) is 17.2 Å². The van der Waals surface area contributed by atoms with Crippen LogP contribution in [0.5, 0.6) is 0 Å². The van der Waals surface area contributed by atoms with Gasteiger partial charge in [-0.15, -0.1) is 0 Å². The molecule has 1 atom stereocenters. The first-order valence-corrected chi connectivity index (χ1v) is 10.6. The second kappa shape index (κ2) is 9.97. The summed E-state index contributed by atoms with van der Waals surface area (Å²) in [7, 11) is 0. The summed E-state index contributed by atoms with van der Waals surface area (Å²) in [6.07, 6.45) is 0.893. The monoisotopic (exact) mass is 456 g/mol. The standard InChI is InChI=1S/C24H22ClFN2O4/c25-19-7-3-5-17(11-19)12-27-13-20(32-16-18-6-1-2-8-21(18)26)14-28(15-23(27)29)24(30)22-9-4-10-31-22/h1-11,20H,12-16H2. The van der Waals surface area contributed by atoms with Crippen LogP contribution in [0.25, 0.3) is 0 Å². The predicted octanol–water partition coefficient (Wildman–Crippen LogP) is 4.14. The highest BCUT2D eigenvalue weighted by molar-refractivity contribution is 6.30. The number of halogens is 2. The number of carbonyl (C=O) groups is 2. The molecule has 0 aliphatic carbocycles. The summed E-state index contributed by atoms with van der Waals surface area (Å²) in [5, 5.41) is 0.576. The Bertz CT molecular complexity index is 1090. The van der Waals surface area contributed by atoms with Crippen LogP contribution in [0.3, 0.4) is 0 Å². The molecule has 0 saturated carbocycles. The molecule has 1 saturated heterocycles. The Balaban J connectivity index is 1.54. The van der Waals surface area contributed by atoms with Crippen molar-refractivity contribution in [1.29, 1.82) is 0 Å². The topological polar surface area (TPSA) is 63.0 Å². The maximum absolute atomic E-state index is 14.0. The normalized spacial score (nSPS) is 16.8. The highest BCUT2D eigenvalue weighted by Crippen LogP contribution is 2.18. The lowest BCUT2D eigenvalue weighted by Gasteiger charge is -2.25. The van der Waals surface area contributed by atoms with Gasteiger partial charge in [0.15, 0.2) is 5.76 Å². The van der Waals surface area contributed by atoms with E-state index in [0.717, 1.165) is 5.56 Å². The average molecular weight is 457 g/mol. The van der Waals surface area contributed by atoms with Gasteiger partial charge < -0.3 is 19.0 Å². The smallest absolute Gasteiger partial charge is 0.290 e. The molecule has 1 aliphatic rings. The molecule has 0 spiro atoms. The van der Waals surface area contributed by atoms with E-state index in [1.54, 1.807) is 47.4 Å². The summed E-state index contributed by atoms with van der Waals surface area (Å²) in [6, 6.07) is 16.8. The van der Waals surface area contributed by atoms with Crippen molar-refractivity contribution in [2.75, 3.05) is 19.6 Å². The number of carbonyl (C=O) groups excluding carboxylic acids is 2. The summed E-state index contributed by atoms with van der Waals surface area (Å²) in [6.45, 7) is 0.661. The van der Waals surface area contributed by atoms with Crippen LogP contribution in [0.1, 0.15) is 21.7 Å². The number of hydrogen-bond acceptors (Lipinski definition) is 4. The lowest BCUT2D eigenvalue weighted by atomic mass is 10.2. The van der Waals surface area contributed by atoms with Crippen molar-refractivity contribution in [3.63, 3.8) is 0 Å². The number of benzene rings is 2. The molecule has 4 rings (SSSR count). The van der Waals surface area contributed by atoms with E-state index in [4.69, 9.17) is 20.8 Å². The number of amides is 2. The second-order valence-corrected chi connectivity index (χ2v) is 8.03. The molecular weight excluding hydrogens is 435 g/mol. The third kappa shape index (κ3) is 5.36. The largest absolute Gasteiger partial charge is 0.459 e. The van der Waals surface area contributed by atoms with Crippen molar-refractivity contribution in [3.05, 3.63) is 94.7 Å². The van der Waals surface area contributed by atoms with Crippen molar-refractivity contribution in [3.8, 4) is 0 Å². The van der Waals surface area contributed by atoms with E-state index in [2.05, 4.69) is 0 Å². The molecule has 166 valence electrons. The van der Waals surface area contributed by atoms with E-state index in [0.29, 0.717) is 17.1 Å². The molecule has 1 fully saturated rings. The van der Waals surface area contributed by atoms with Gasteiger partial charge >= 0.3 is 0 Å². The van der Waals surface area contributed by atoms with Crippen molar-refractivity contribution >= 4 is 23.4 Å². The quantitative estimate of drug-likeness (QED) is 0.559. The van der Waals surface area contributed by atoms with Gasteiger partial charge in [-0.3, -0.25) is 9.59 Å². The molecule has 0 bridgehead atoms. The number of hydrogen-bond donors (Lipinski definition) is 0. The van der Waals surface area contributed by atoms with E-state index >= 15 is 0 Å². The predicted molar refractivity (Wildman–Crippen MR) is 116 cm³/mol. The molecule has 0 N–H and O–H groups in total. The minimum absolute atomic E-state index is 0.0271. The Hall–Kier alpha value is -3.16. The van der Waals surface area contributed by atoms with Gasteiger partial charge in [0.25, 0.3) is 5.91 Å². The van der Waals surface area contributed by atoms with Gasteiger partial charge in [-0.1, -0.05) is 41.9 Å². The number of ether oxygens (including phenoxy) is 1. The van der Waals surface area contributed by atoms with Crippen LogP contribution in [0.2, 0.25) is 5.02 Å². The van der Waals surface area contributed by atoms with E-state index in [9.17, 15) is 14.0 Å². The number of rotatable bonds is 6. The Kier molecular flexibility index (Phi) is 6.87. The average Bonchev–Trinajstić information content (AvgIpc) is 3.26. The molecule has 1 unspecified atom stereocenters. The van der Waals surface area contributed by atoms with E-state index in [1.807, 2.05) is 12.1 Å². The van der Waals surface area contributed by atoms with Gasteiger partial charge in [0.05, 0.1) is 19.0 Å². The molecule has 3 aromatic rings. The summed E-state index contributed by atoms with van der Waals surface area (Å²) < 4.78 is 25.2. The molecule has 2 heterocycles. The molecule has 1 aliphatic heterocycles. The maximum Gasteiger partial charge on any atom is 0.290 e. The minimum atomic E-state index is -0.515. The van der Waals surface area contributed by atoms with Gasteiger partial charge in [-0.05, 0) is 35.9 Å². The fourth-order valence-electron chi connectivity index (χ4n) is 3.63. The van der Waals surface area contributed by atoms with Crippen molar-refractivity contribution in [1.82, 2.24) is 9.80 Å². The molecule has 0 radical (unpaired) electrons. The molecule has 6 nitrogen and oxygen atoms in total. The van der Waals surface area contributed by atoms with Crippen LogP contribution in [0.15, 0.2) is 71.3 Å². The van der Waals surface area contributed by atoms with Crippen LogP contribution in [0, 0.1) is 5.82 Å². The van der Waals surface area contributed by atoms with Crippen LogP contribution < -0.4 is 0 Å². The third-order valence-electron chi connectivity index (χ3n) is 5.24. The zero-order valence-electron chi connectivity index (χ0n) is 17.2. The Morgan fingerprint density at radius 1 is 1.12 bits per heavy atom. The zero-order valence-corrected chi connectivity index (χ0v) is 18.0. The number of nitrogens with zero attached hydrogens (tertiary/aromatic N) is 2. The summed E-state index contributed by atoms with van der Waals surface area (Å²) in [4.78, 5) is 28.9. The Labute approximate surface area is 190 Å².